The molecule has 1 amide bonds. The lowest BCUT2D eigenvalue weighted by Crippen LogP contribution is -2.14. The Bertz CT molecular complexity index is 603. The SMILES string of the molecule is Cc1c(C(=O)Nc2[nH]ncc2C#N)cnn1C. The van der Waals surface area contributed by atoms with Gasteiger partial charge in [0.15, 0.2) is 0 Å². The summed E-state index contributed by atoms with van der Waals surface area (Å²) >= 11 is 0. The molecule has 0 aliphatic carbocycles. The molecule has 86 valence electrons. The van der Waals surface area contributed by atoms with Gasteiger partial charge in [0.2, 0.25) is 0 Å². The van der Waals surface area contributed by atoms with Gasteiger partial charge in [-0.1, -0.05) is 0 Å². The van der Waals surface area contributed by atoms with Crippen LogP contribution in [0.15, 0.2) is 12.4 Å². The van der Waals surface area contributed by atoms with Crippen molar-refractivity contribution in [2.45, 2.75) is 6.92 Å². The van der Waals surface area contributed by atoms with Crippen molar-refractivity contribution in [3.05, 3.63) is 29.2 Å². The fraction of sp³-hybridized carbons (Fsp3) is 0.200. The number of H-pyrrole nitrogens is 1. The molecule has 0 fully saturated rings. The number of nitriles is 1. The van der Waals surface area contributed by atoms with E-state index in [9.17, 15) is 4.79 Å². The van der Waals surface area contributed by atoms with Gasteiger partial charge in [0.05, 0.1) is 18.0 Å². The number of rotatable bonds is 2. The van der Waals surface area contributed by atoms with Gasteiger partial charge < -0.3 is 5.32 Å². The minimum atomic E-state index is -0.323. The molecule has 0 saturated carbocycles. The highest BCUT2D eigenvalue weighted by atomic mass is 16.1. The molecule has 0 spiro atoms. The number of nitrogens with zero attached hydrogens (tertiary/aromatic N) is 4. The van der Waals surface area contributed by atoms with E-state index >= 15 is 0 Å². The number of carbonyl (C=O) groups is 1. The molecule has 0 radical (unpaired) electrons. The first-order chi connectivity index (χ1) is 8.13. The zero-order chi connectivity index (χ0) is 12.4. The van der Waals surface area contributed by atoms with Crippen molar-refractivity contribution in [2.75, 3.05) is 5.32 Å². The third-order valence-electron chi connectivity index (χ3n) is 2.48. The summed E-state index contributed by atoms with van der Waals surface area (Å²) in [7, 11) is 1.75. The number of aromatic amines is 1. The molecular formula is C10H10N6O. The van der Waals surface area contributed by atoms with E-state index < -0.39 is 0 Å². The lowest BCUT2D eigenvalue weighted by Gasteiger charge is -2.02. The molecule has 2 aromatic heterocycles. The molecule has 2 aromatic rings. The molecule has 2 N–H and O–H groups in total. The highest BCUT2D eigenvalue weighted by molar-refractivity contribution is 6.04. The third kappa shape index (κ3) is 1.88. The Hall–Kier alpha value is -2.62. The second-order valence-corrected chi connectivity index (χ2v) is 3.49. The van der Waals surface area contributed by atoms with Crippen molar-refractivity contribution in [2.24, 2.45) is 7.05 Å². The van der Waals surface area contributed by atoms with Crippen LogP contribution in [0.25, 0.3) is 0 Å². The predicted molar refractivity (Wildman–Crippen MR) is 59.2 cm³/mol. The molecule has 2 rings (SSSR count). The first-order valence-corrected chi connectivity index (χ1v) is 4.87. The van der Waals surface area contributed by atoms with Gasteiger partial charge >= 0.3 is 0 Å². The summed E-state index contributed by atoms with van der Waals surface area (Å²) in [6.45, 7) is 1.79. The van der Waals surface area contributed by atoms with Gasteiger partial charge in [-0.05, 0) is 6.92 Å². The van der Waals surface area contributed by atoms with Crippen molar-refractivity contribution in [1.82, 2.24) is 20.0 Å². The van der Waals surface area contributed by atoms with Gasteiger partial charge in [-0.2, -0.15) is 15.5 Å². The van der Waals surface area contributed by atoms with Crippen molar-refractivity contribution in [3.63, 3.8) is 0 Å². The van der Waals surface area contributed by atoms with Crippen LogP contribution in [0.1, 0.15) is 21.6 Å². The average molecular weight is 230 g/mol. The summed E-state index contributed by atoms with van der Waals surface area (Å²) in [5, 5.41) is 21.6. The number of anilines is 1. The minimum Gasteiger partial charge on any atom is -0.306 e. The number of carbonyl (C=O) groups excluding carboxylic acids is 1. The number of amides is 1. The van der Waals surface area contributed by atoms with Gasteiger partial charge in [-0.3, -0.25) is 14.6 Å². The van der Waals surface area contributed by atoms with Crippen LogP contribution in [0.3, 0.4) is 0 Å². The Morgan fingerprint density at radius 3 is 2.94 bits per heavy atom. The first kappa shape index (κ1) is 10.9. The summed E-state index contributed by atoms with van der Waals surface area (Å²) in [5.74, 6) is -0.0305. The van der Waals surface area contributed by atoms with Crippen molar-refractivity contribution >= 4 is 11.7 Å². The van der Waals surface area contributed by atoms with Crippen LogP contribution in [-0.4, -0.2) is 25.9 Å². The van der Waals surface area contributed by atoms with Gasteiger partial charge in [-0.25, -0.2) is 0 Å². The molecule has 7 nitrogen and oxygen atoms in total. The Morgan fingerprint density at radius 1 is 1.59 bits per heavy atom. The third-order valence-corrected chi connectivity index (χ3v) is 2.48. The maximum Gasteiger partial charge on any atom is 0.260 e. The molecule has 0 aromatic carbocycles. The Morgan fingerprint density at radius 2 is 2.35 bits per heavy atom. The molecule has 0 aliphatic rings. The molecular weight excluding hydrogens is 220 g/mol. The molecule has 2 heterocycles. The maximum absolute atomic E-state index is 11.9. The summed E-state index contributed by atoms with van der Waals surface area (Å²) < 4.78 is 1.60. The van der Waals surface area contributed by atoms with Crippen molar-refractivity contribution in [1.29, 1.82) is 5.26 Å². The lowest BCUT2D eigenvalue weighted by molar-refractivity contribution is 0.102. The van der Waals surface area contributed by atoms with Crippen molar-refractivity contribution < 1.29 is 4.79 Å². The van der Waals surface area contributed by atoms with Crippen LogP contribution >= 0.6 is 0 Å². The van der Waals surface area contributed by atoms with E-state index in [1.807, 2.05) is 6.07 Å². The number of aromatic nitrogens is 4. The molecule has 17 heavy (non-hydrogen) atoms. The lowest BCUT2D eigenvalue weighted by atomic mass is 10.2. The molecule has 0 aliphatic heterocycles. The molecule has 0 unspecified atom stereocenters. The Balaban J connectivity index is 2.24. The summed E-state index contributed by atoms with van der Waals surface area (Å²) in [6, 6.07) is 1.92. The first-order valence-electron chi connectivity index (χ1n) is 4.87. The highest BCUT2D eigenvalue weighted by Gasteiger charge is 2.15. The van der Waals surface area contributed by atoms with Crippen LogP contribution in [0.5, 0.6) is 0 Å². The smallest absolute Gasteiger partial charge is 0.260 e. The van der Waals surface area contributed by atoms with E-state index in [1.165, 1.54) is 12.4 Å². The maximum atomic E-state index is 11.9. The molecule has 7 heteroatoms. The van der Waals surface area contributed by atoms with E-state index in [4.69, 9.17) is 5.26 Å². The van der Waals surface area contributed by atoms with Crippen LogP contribution < -0.4 is 5.32 Å². The van der Waals surface area contributed by atoms with Gasteiger partial charge in [0.25, 0.3) is 5.91 Å². The number of hydrogen-bond acceptors (Lipinski definition) is 4. The van der Waals surface area contributed by atoms with E-state index in [2.05, 4.69) is 20.6 Å². The number of aryl methyl sites for hydroxylation is 1. The van der Waals surface area contributed by atoms with Crippen LogP contribution in [0.4, 0.5) is 5.82 Å². The number of hydrogen-bond donors (Lipinski definition) is 2. The Kier molecular flexibility index (Phi) is 2.62. The second kappa shape index (κ2) is 4.09. The van der Waals surface area contributed by atoms with Crippen LogP contribution in [0.2, 0.25) is 0 Å². The standard InChI is InChI=1S/C10H10N6O/c1-6-8(5-13-16(6)2)10(17)14-9-7(3-11)4-12-15-9/h4-5H,1-2H3,(H2,12,14,15,17). The van der Waals surface area contributed by atoms with Crippen LogP contribution in [-0.2, 0) is 7.05 Å². The van der Waals surface area contributed by atoms with Crippen molar-refractivity contribution in [3.8, 4) is 6.07 Å². The molecule has 0 bridgehead atoms. The quantitative estimate of drug-likeness (QED) is 0.787. The second-order valence-electron chi connectivity index (χ2n) is 3.49. The van der Waals surface area contributed by atoms with Gasteiger partial charge in [0.1, 0.15) is 17.5 Å². The van der Waals surface area contributed by atoms with E-state index in [0.717, 1.165) is 5.69 Å². The zero-order valence-corrected chi connectivity index (χ0v) is 9.35. The van der Waals surface area contributed by atoms with E-state index in [1.54, 1.807) is 18.7 Å². The molecule has 0 saturated heterocycles. The van der Waals surface area contributed by atoms with E-state index in [-0.39, 0.29) is 5.91 Å². The average Bonchev–Trinajstić information content (AvgIpc) is 2.87. The minimum absolute atomic E-state index is 0.292. The predicted octanol–water partition coefficient (Wildman–Crippen LogP) is 0.576. The van der Waals surface area contributed by atoms with E-state index in [0.29, 0.717) is 16.9 Å². The monoisotopic (exact) mass is 230 g/mol. The van der Waals surface area contributed by atoms with Gasteiger partial charge in [-0.15, -0.1) is 0 Å². The Labute approximate surface area is 97.1 Å². The summed E-state index contributed by atoms with van der Waals surface area (Å²) in [6.07, 6.45) is 2.83. The topological polar surface area (TPSA) is 99.4 Å². The largest absolute Gasteiger partial charge is 0.306 e. The fourth-order valence-corrected chi connectivity index (χ4v) is 1.37. The molecule has 0 atom stereocenters. The highest BCUT2D eigenvalue weighted by Crippen LogP contribution is 2.12. The fourth-order valence-electron chi connectivity index (χ4n) is 1.37. The van der Waals surface area contributed by atoms with Gasteiger partial charge in [0, 0.05) is 12.7 Å². The van der Waals surface area contributed by atoms with Crippen LogP contribution in [0, 0.1) is 18.3 Å². The number of nitrogens with one attached hydrogen (secondary N) is 2. The summed E-state index contributed by atoms with van der Waals surface area (Å²) in [5.41, 5.74) is 1.51. The normalized spacial score (nSPS) is 9.94. The zero-order valence-electron chi connectivity index (χ0n) is 9.35. The summed E-state index contributed by atoms with van der Waals surface area (Å²) in [4.78, 5) is 11.9.